The second-order valence-electron chi connectivity index (χ2n) is 6.99. The molecule has 25 heavy (non-hydrogen) atoms. The molecule has 2 saturated heterocycles. The molecule has 0 spiro atoms. The van der Waals surface area contributed by atoms with E-state index in [-0.39, 0.29) is 17.7 Å². The number of alkyl halides is 2. The van der Waals surface area contributed by atoms with Gasteiger partial charge in [-0.15, -0.1) is 0 Å². The Morgan fingerprint density at radius 3 is 2.84 bits per heavy atom. The lowest BCUT2D eigenvalue weighted by Crippen LogP contribution is -2.63. The van der Waals surface area contributed by atoms with Crippen molar-refractivity contribution in [2.24, 2.45) is 5.92 Å². The molecule has 136 valence electrons. The van der Waals surface area contributed by atoms with Crippen LogP contribution >= 0.6 is 0 Å². The summed E-state index contributed by atoms with van der Waals surface area (Å²) >= 11 is 0. The van der Waals surface area contributed by atoms with Crippen LogP contribution in [0.2, 0.25) is 0 Å². The first-order valence-corrected chi connectivity index (χ1v) is 8.79. The van der Waals surface area contributed by atoms with Crippen molar-refractivity contribution in [1.82, 2.24) is 9.80 Å². The molecule has 1 saturated carbocycles. The van der Waals surface area contributed by atoms with Gasteiger partial charge in [0.05, 0.1) is 19.3 Å². The Bertz CT molecular complexity index is 639. The Hall–Kier alpha value is -1.73. The Labute approximate surface area is 145 Å². The molecule has 0 aromatic heterocycles. The summed E-state index contributed by atoms with van der Waals surface area (Å²) < 4.78 is 34.9. The zero-order valence-electron chi connectivity index (χ0n) is 13.9. The number of halogens is 2. The smallest absolute Gasteiger partial charge is 0.387 e. The number of nitrogens with zero attached hydrogens (tertiary/aromatic N) is 2. The fraction of sp³-hybridized carbons (Fsp3) is 0.611. The summed E-state index contributed by atoms with van der Waals surface area (Å²) in [5.41, 5.74) is 0.377. The molecule has 5 nitrogen and oxygen atoms in total. The van der Waals surface area contributed by atoms with E-state index in [1.807, 2.05) is 0 Å². The van der Waals surface area contributed by atoms with Gasteiger partial charge in [0.2, 0.25) is 0 Å². The largest absolute Gasteiger partial charge is 0.435 e. The molecular formula is C18H22F2N2O3. The Kier molecular flexibility index (Phi) is 4.60. The molecule has 0 bridgehead atoms. The number of rotatable bonds is 4. The van der Waals surface area contributed by atoms with Gasteiger partial charge in [0.25, 0.3) is 5.91 Å². The van der Waals surface area contributed by atoms with E-state index in [0.717, 1.165) is 19.1 Å². The first-order chi connectivity index (χ1) is 12.1. The molecule has 0 radical (unpaired) electrons. The molecule has 3 aliphatic rings. The van der Waals surface area contributed by atoms with Gasteiger partial charge in [0, 0.05) is 31.2 Å². The number of benzene rings is 1. The predicted octanol–water partition coefficient (Wildman–Crippen LogP) is 2.22. The van der Waals surface area contributed by atoms with E-state index in [1.165, 1.54) is 25.0 Å². The number of piperazine rings is 1. The molecule has 2 aliphatic heterocycles. The highest BCUT2D eigenvalue weighted by Gasteiger charge is 2.43. The number of carbonyl (C=O) groups excluding carboxylic acids is 1. The minimum absolute atomic E-state index is 0.00860. The molecule has 7 heteroatoms. The number of fused-ring (bicyclic) bond motifs is 1. The summed E-state index contributed by atoms with van der Waals surface area (Å²) in [6, 6.07) is 6.71. The third-order valence-corrected chi connectivity index (χ3v) is 5.31. The Morgan fingerprint density at radius 2 is 2.08 bits per heavy atom. The standard InChI is InChI=1S/C18H22F2N2O3/c19-18(20)25-15-3-1-2-13(8-15)17(23)21-6-7-22-14(9-21)10-24-11-16(22)12-4-5-12/h1-3,8,12,14,16,18H,4-7,9-11H2/t14-,16-/m1/s1. The SMILES string of the molecule is O=C(c1cccc(OC(F)F)c1)N1CCN2[C@@H](COC[C@@H]2C2CC2)C1. The van der Waals surface area contributed by atoms with Gasteiger partial charge in [-0.25, -0.2) is 0 Å². The molecule has 4 rings (SSSR count). The quantitative estimate of drug-likeness (QED) is 0.833. The highest BCUT2D eigenvalue weighted by molar-refractivity contribution is 5.94. The molecule has 3 fully saturated rings. The number of carbonyl (C=O) groups is 1. The summed E-state index contributed by atoms with van der Waals surface area (Å²) in [4.78, 5) is 17.1. The van der Waals surface area contributed by atoms with Gasteiger partial charge in [-0.3, -0.25) is 9.69 Å². The van der Waals surface area contributed by atoms with Crippen molar-refractivity contribution in [3.05, 3.63) is 29.8 Å². The number of amides is 1. The number of hydrogen-bond acceptors (Lipinski definition) is 4. The van der Waals surface area contributed by atoms with Crippen LogP contribution in [0.25, 0.3) is 0 Å². The minimum Gasteiger partial charge on any atom is -0.435 e. The highest BCUT2D eigenvalue weighted by Crippen LogP contribution is 2.38. The molecule has 2 atom stereocenters. The maximum Gasteiger partial charge on any atom is 0.387 e. The molecule has 0 N–H and O–H groups in total. The van der Waals surface area contributed by atoms with Gasteiger partial charge < -0.3 is 14.4 Å². The second kappa shape index (κ2) is 6.88. The van der Waals surface area contributed by atoms with Crippen LogP contribution in [-0.4, -0.2) is 67.3 Å². The van der Waals surface area contributed by atoms with Gasteiger partial charge in [0.1, 0.15) is 5.75 Å². The van der Waals surface area contributed by atoms with Crippen LogP contribution in [0.4, 0.5) is 8.78 Å². The average Bonchev–Trinajstić information content (AvgIpc) is 3.45. The summed E-state index contributed by atoms with van der Waals surface area (Å²) in [5.74, 6) is 0.607. The van der Waals surface area contributed by atoms with E-state index in [9.17, 15) is 13.6 Å². The lowest BCUT2D eigenvalue weighted by Gasteiger charge is -2.48. The molecule has 1 aliphatic carbocycles. The van der Waals surface area contributed by atoms with Crippen LogP contribution in [0.15, 0.2) is 24.3 Å². The predicted molar refractivity (Wildman–Crippen MR) is 86.8 cm³/mol. The van der Waals surface area contributed by atoms with Gasteiger partial charge in [-0.2, -0.15) is 8.78 Å². The van der Waals surface area contributed by atoms with E-state index >= 15 is 0 Å². The number of morpholine rings is 1. The van der Waals surface area contributed by atoms with E-state index < -0.39 is 6.61 Å². The lowest BCUT2D eigenvalue weighted by molar-refractivity contribution is -0.0816. The van der Waals surface area contributed by atoms with Crippen LogP contribution < -0.4 is 4.74 Å². The van der Waals surface area contributed by atoms with Crippen LogP contribution in [0.1, 0.15) is 23.2 Å². The van der Waals surface area contributed by atoms with Gasteiger partial charge >= 0.3 is 6.61 Å². The average molecular weight is 352 g/mol. The fourth-order valence-electron chi connectivity index (χ4n) is 3.94. The second-order valence-corrected chi connectivity index (χ2v) is 6.99. The maximum atomic E-state index is 12.8. The summed E-state index contributed by atoms with van der Waals surface area (Å²) in [6.07, 6.45) is 2.55. The van der Waals surface area contributed by atoms with E-state index in [2.05, 4.69) is 9.64 Å². The Morgan fingerprint density at radius 1 is 1.24 bits per heavy atom. The van der Waals surface area contributed by atoms with Crippen LogP contribution in [0, 0.1) is 5.92 Å². The monoisotopic (exact) mass is 352 g/mol. The third kappa shape index (κ3) is 3.62. The zero-order chi connectivity index (χ0) is 17.4. The summed E-state index contributed by atoms with van der Waals surface area (Å²) in [6.45, 7) is 0.644. The minimum atomic E-state index is -2.90. The lowest BCUT2D eigenvalue weighted by atomic mass is 10.0. The van der Waals surface area contributed by atoms with Crippen molar-refractivity contribution in [2.75, 3.05) is 32.8 Å². The van der Waals surface area contributed by atoms with E-state index in [1.54, 1.807) is 17.0 Å². The van der Waals surface area contributed by atoms with Gasteiger partial charge in [0.15, 0.2) is 0 Å². The molecule has 1 aromatic rings. The van der Waals surface area contributed by atoms with Crippen molar-refractivity contribution in [1.29, 1.82) is 0 Å². The van der Waals surface area contributed by atoms with Gasteiger partial charge in [-0.05, 0) is 37.0 Å². The van der Waals surface area contributed by atoms with Crippen LogP contribution in [0.3, 0.4) is 0 Å². The summed E-state index contributed by atoms with van der Waals surface area (Å²) in [5, 5.41) is 0. The number of hydrogen-bond donors (Lipinski definition) is 0. The molecular weight excluding hydrogens is 330 g/mol. The van der Waals surface area contributed by atoms with Crippen LogP contribution in [0.5, 0.6) is 5.75 Å². The number of ether oxygens (including phenoxy) is 2. The van der Waals surface area contributed by atoms with E-state index in [0.29, 0.717) is 31.3 Å². The van der Waals surface area contributed by atoms with Crippen LogP contribution in [-0.2, 0) is 4.74 Å². The molecule has 0 unspecified atom stereocenters. The molecule has 1 amide bonds. The maximum absolute atomic E-state index is 12.8. The van der Waals surface area contributed by atoms with Crippen molar-refractivity contribution in [3.8, 4) is 5.75 Å². The molecule has 2 heterocycles. The van der Waals surface area contributed by atoms with Gasteiger partial charge in [-0.1, -0.05) is 6.07 Å². The zero-order valence-corrected chi connectivity index (χ0v) is 13.9. The first kappa shape index (κ1) is 16.7. The highest BCUT2D eigenvalue weighted by atomic mass is 19.3. The molecule has 1 aromatic carbocycles. The van der Waals surface area contributed by atoms with Crippen molar-refractivity contribution >= 4 is 5.91 Å². The third-order valence-electron chi connectivity index (χ3n) is 5.31. The Balaban J connectivity index is 1.43. The summed E-state index contributed by atoms with van der Waals surface area (Å²) in [7, 11) is 0. The van der Waals surface area contributed by atoms with E-state index in [4.69, 9.17) is 4.74 Å². The van der Waals surface area contributed by atoms with Crippen molar-refractivity contribution in [3.63, 3.8) is 0 Å². The van der Waals surface area contributed by atoms with Crippen molar-refractivity contribution < 1.29 is 23.0 Å². The first-order valence-electron chi connectivity index (χ1n) is 8.79. The normalized spacial score (nSPS) is 27.2. The topological polar surface area (TPSA) is 42.0 Å². The fourth-order valence-corrected chi connectivity index (χ4v) is 3.94. The van der Waals surface area contributed by atoms with Crippen molar-refractivity contribution in [2.45, 2.75) is 31.5 Å².